The minimum absolute atomic E-state index is 0.0983. The van der Waals surface area contributed by atoms with E-state index in [0.717, 1.165) is 79.1 Å². The molecule has 8 rings (SSSR count). The Morgan fingerprint density at radius 2 is 0.759 bits per heavy atom. The molecule has 0 N–H and O–H groups in total. The van der Waals surface area contributed by atoms with E-state index in [9.17, 15) is 0 Å². The molecule has 0 spiro atoms. The Morgan fingerprint density at radius 3 is 1.14 bits per heavy atom. The fraction of sp³-hybridized carbons (Fsp3) is 0.385. The van der Waals surface area contributed by atoms with Crippen molar-refractivity contribution < 1.29 is 9.47 Å². The molecule has 4 aromatic carbocycles. The van der Waals surface area contributed by atoms with Gasteiger partial charge in [0.15, 0.2) is 0 Å². The van der Waals surface area contributed by atoms with Crippen LogP contribution in [-0.2, 0) is 0 Å². The maximum Gasteiger partial charge on any atom is 0.264 e. The summed E-state index contributed by atoms with van der Waals surface area (Å²) in [6.45, 7) is 5.87. The SMILES string of the molecule is CCCCCCCCCCOc1ccc(-c2c(=O)n3c4ccccc4c4c(-c5ccc(OCCCCCCCCCC)cc5)c(=O)n5c6ccccc6c2c5c43)cc1. The number of fused-ring (bicyclic) bond motifs is 6. The first-order chi connectivity index (χ1) is 28.6. The highest BCUT2D eigenvalue weighted by molar-refractivity contribution is 6.28. The van der Waals surface area contributed by atoms with Crippen molar-refractivity contribution in [3.05, 3.63) is 118 Å². The van der Waals surface area contributed by atoms with Crippen molar-refractivity contribution in [3.63, 3.8) is 0 Å². The lowest BCUT2D eigenvalue weighted by atomic mass is 9.97. The Kier molecular flexibility index (Phi) is 12.6. The molecule has 0 saturated carbocycles. The van der Waals surface area contributed by atoms with Crippen LogP contribution < -0.4 is 20.6 Å². The fourth-order valence-corrected chi connectivity index (χ4v) is 9.12. The maximum absolute atomic E-state index is 15.1. The first-order valence-electron chi connectivity index (χ1n) is 22.2. The van der Waals surface area contributed by atoms with Crippen molar-refractivity contribution in [2.24, 2.45) is 0 Å². The van der Waals surface area contributed by atoms with E-state index in [-0.39, 0.29) is 11.1 Å². The predicted molar refractivity (Wildman–Crippen MR) is 243 cm³/mol. The summed E-state index contributed by atoms with van der Waals surface area (Å²) in [5.41, 5.74) is 5.73. The van der Waals surface area contributed by atoms with Gasteiger partial charge in [0.25, 0.3) is 11.1 Å². The van der Waals surface area contributed by atoms with Gasteiger partial charge in [-0.25, -0.2) is 0 Å². The van der Waals surface area contributed by atoms with Crippen LogP contribution in [-0.4, -0.2) is 22.0 Å². The number of hydrogen-bond acceptors (Lipinski definition) is 4. The molecule has 6 nitrogen and oxygen atoms in total. The van der Waals surface area contributed by atoms with Crippen LogP contribution in [0.2, 0.25) is 0 Å². The molecule has 0 aliphatic rings. The molecule has 0 unspecified atom stereocenters. The molecule has 0 saturated heterocycles. The average Bonchev–Trinajstić information content (AvgIpc) is 3.78. The van der Waals surface area contributed by atoms with Gasteiger partial charge in [0.1, 0.15) is 11.5 Å². The minimum Gasteiger partial charge on any atom is -0.494 e. The summed E-state index contributed by atoms with van der Waals surface area (Å²) < 4.78 is 16.0. The number of aromatic nitrogens is 2. The second-order valence-corrected chi connectivity index (χ2v) is 16.2. The summed E-state index contributed by atoms with van der Waals surface area (Å²) in [5, 5.41) is 3.39. The standard InChI is InChI=1S/C52H58N2O4/c1-3-5-7-9-11-13-15-21-35-57-39-31-27-37(28-32-39)45-47-41-23-17-19-25-43(41)54-49(47)50-48(42-24-18-20-26-44(42)53(50)51(45)55)46(52(54)56)38-29-33-40(34-30-38)58-36-22-16-14-12-10-8-6-4-2/h17-20,23-34H,3-16,21-22,35-36H2,1-2H3. The van der Waals surface area contributed by atoms with E-state index < -0.39 is 0 Å². The zero-order chi connectivity index (χ0) is 39.8. The van der Waals surface area contributed by atoms with E-state index >= 15 is 9.59 Å². The minimum atomic E-state index is -0.0983. The van der Waals surface area contributed by atoms with Gasteiger partial charge in [0, 0.05) is 21.5 Å². The van der Waals surface area contributed by atoms with Gasteiger partial charge in [-0.1, -0.05) is 164 Å². The van der Waals surface area contributed by atoms with Crippen molar-refractivity contribution in [3.8, 4) is 33.8 Å². The molecule has 58 heavy (non-hydrogen) atoms. The van der Waals surface area contributed by atoms with Gasteiger partial charge in [-0.15, -0.1) is 0 Å². The van der Waals surface area contributed by atoms with Gasteiger partial charge >= 0.3 is 0 Å². The van der Waals surface area contributed by atoms with E-state index in [1.165, 1.54) is 89.9 Å². The summed E-state index contributed by atoms with van der Waals surface area (Å²) in [7, 11) is 0. The second-order valence-electron chi connectivity index (χ2n) is 16.2. The maximum atomic E-state index is 15.1. The number of pyridine rings is 2. The Bertz CT molecular complexity index is 2500. The Morgan fingerprint density at radius 1 is 0.414 bits per heavy atom. The van der Waals surface area contributed by atoms with Gasteiger partial charge in [0.2, 0.25) is 0 Å². The molecule has 0 atom stereocenters. The Balaban J connectivity index is 1.13. The lowest BCUT2D eigenvalue weighted by molar-refractivity contribution is 0.304. The largest absolute Gasteiger partial charge is 0.494 e. The van der Waals surface area contributed by atoms with Crippen LogP contribution in [0.25, 0.3) is 65.9 Å². The highest BCUT2D eigenvalue weighted by Gasteiger charge is 2.29. The molecule has 0 aliphatic heterocycles. The van der Waals surface area contributed by atoms with Gasteiger partial charge in [-0.05, 0) is 60.4 Å². The Hall–Kier alpha value is -5.36. The van der Waals surface area contributed by atoms with Gasteiger partial charge in [0.05, 0.1) is 46.4 Å². The molecule has 4 aromatic heterocycles. The number of rotatable bonds is 22. The van der Waals surface area contributed by atoms with Crippen molar-refractivity contribution in [1.82, 2.24) is 8.80 Å². The lowest BCUT2D eigenvalue weighted by Gasteiger charge is -2.12. The molecule has 0 aliphatic carbocycles. The van der Waals surface area contributed by atoms with Crippen molar-refractivity contribution in [2.45, 2.75) is 117 Å². The third kappa shape index (κ3) is 7.78. The number of unbranched alkanes of at least 4 members (excludes halogenated alkanes) is 14. The molecular weight excluding hydrogens is 717 g/mol. The van der Waals surface area contributed by atoms with Crippen LogP contribution in [0.15, 0.2) is 107 Å². The average molecular weight is 775 g/mol. The highest BCUT2D eigenvalue weighted by atomic mass is 16.5. The molecule has 0 fully saturated rings. The smallest absolute Gasteiger partial charge is 0.264 e. The normalized spacial score (nSPS) is 12.0. The van der Waals surface area contributed by atoms with E-state index in [4.69, 9.17) is 9.47 Å². The zero-order valence-electron chi connectivity index (χ0n) is 34.5. The molecule has 0 radical (unpaired) electrons. The zero-order valence-corrected chi connectivity index (χ0v) is 34.5. The molecular formula is C52H58N2O4. The Labute approximate surface area is 342 Å². The van der Waals surface area contributed by atoms with Crippen molar-refractivity contribution in [2.75, 3.05) is 13.2 Å². The second kappa shape index (κ2) is 18.5. The number of nitrogens with zero attached hydrogens (tertiary/aromatic N) is 2. The summed E-state index contributed by atoms with van der Waals surface area (Å²) >= 11 is 0. The van der Waals surface area contributed by atoms with Gasteiger partial charge in [-0.2, -0.15) is 0 Å². The topological polar surface area (TPSA) is 61.4 Å². The molecule has 6 heteroatoms. The van der Waals surface area contributed by atoms with Gasteiger partial charge < -0.3 is 9.47 Å². The van der Waals surface area contributed by atoms with Crippen LogP contribution >= 0.6 is 0 Å². The van der Waals surface area contributed by atoms with Crippen LogP contribution in [0, 0.1) is 0 Å². The van der Waals surface area contributed by atoms with Crippen molar-refractivity contribution in [1.29, 1.82) is 0 Å². The summed E-state index contributed by atoms with van der Waals surface area (Å²) in [4.78, 5) is 30.2. The van der Waals surface area contributed by atoms with Crippen LogP contribution in [0.3, 0.4) is 0 Å². The summed E-state index contributed by atoms with van der Waals surface area (Å²) in [6, 6.07) is 31.8. The number of benzene rings is 4. The highest BCUT2D eigenvalue weighted by Crippen LogP contribution is 2.43. The van der Waals surface area contributed by atoms with E-state index in [1.54, 1.807) is 0 Å². The van der Waals surface area contributed by atoms with E-state index in [0.29, 0.717) is 24.3 Å². The molecule has 4 heterocycles. The lowest BCUT2D eigenvalue weighted by Crippen LogP contribution is -2.20. The molecule has 0 bridgehead atoms. The quantitative estimate of drug-likeness (QED) is 0.0643. The number of hydrogen-bond donors (Lipinski definition) is 0. The van der Waals surface area contributed by atoms with Crippen LogP contribution in [0.4, 0.5) is 0 Å². The van der Waals surface area contributed by atoms with Crippen LogP contribution in [0.5, 0.6) is 11.5 Å². The van der Waals surface area contributed by atoms with E-state index in [2.05, 4.69) is 13.8 Å². The number of ether oxygens (including phenoxy) is 2. The van der Waals surface area contributed by atoms with Crippen molar-refractivity contribution >= 4 is 43.6 Å². The first-order valence-corrected chi connectivity index (χ1v) is 22.2. The van der Waals surface area contributed by atoms with Crippen LogP contribution in [0.1, 0.15) is 117 Å². The summed E-state index contributed by atoms with van der Waals surface area (Å²) in [5.74, 6) is 1.60. The monoisotopic (exact) mass is 774 g/mol. The first kappa shape index (κ1) is 39.5. The predicted octanol–water partition coefficient (Wildman–Crippen LogP) is 13.6. The fourth-order valence-electron chi connectivity index (χ4n) is 9.12. The number of para-hydroxylation sites is 2. The third-order valence-electron chi connectivity index (χ3n) is 12.1. The van der Waals surface area contributed by atoms with Gasteiger partial charge in [-0.3, -0.25) is 18.4 Å². The molecule has 0 amide bonds. The summed E-state index contributed by atoms with van der Waals surface area (Å²) in [6.07, 6.45) is 20.1. The third-order valence-corrected chi connectivity index (χ3v) is 12.1. The molecule has 8 aromatic rings. The van der Waals surface area contributed by atoms with E-state index in [1.807, 2.05) is 106 Å². The molecule has 300 valence electrons.